The Morgan fingerprint density at radius 3 is 2.77 bits per heavy atom. The predicted molar refractivity (Wildman–Crippen MR) is 104 cm³/mol. The third-order valence-corrected chi connectivity index (χ3v) is 5.91. The lowest BCUT2D eigenvalue weighted by atomic mass is 9.81. The molecule has 2 aliphatic rings. The van der Waals surface area contributed by atoms with Crippen molar-refractivity contribution in [3.8, 4) is 5.75 Å². The van der Waals surface area contributed by atoms with E-state index < -0.39 is 0 Å². The number of aromatic nitrogens is 1. The van der Waals surface area contributed by atoms with Crippen LogP contribution in [0.1, 0.15) is 42.6 Å². The van der Waals surface area contributed by atoms with Crippen LogP contribution in [-0.4, -0.2) is 35.1 Å². The van der Waals surface area contributed by atoms with E-state index in [1.165, 1.54) is 18.4 Å². The normalized spacial score (nSPS) is 25.6. The van der Waals surface area contributed by atoms with Gasteiger partial charge in [-0.2, -0.15) is 0 Å². The van der Waals surface area contributed by atoms with E-state index in [-0.39, 0.29) is 5.60 Å². The van der Waals surface area contributed by atoms with Gasteiger partial charge in [0, 0.05) is 36.9 Å². The van der Waals surface area contributed by atoms with Gasteiger partial charge in [0.1, 0.15) is 11.4 Å². The molecule has 4 heteroatoms. The molecule has 1 aromatic heterocycles. The highest BCUT2D eigenvalue weighted by Gasteiger charge is 2.39. The van der Waals surface area contributed by atoms with Gasteiger partial charge in [0.05, 0.1) is 5.69 Å². The van der Waals surface area contributed by atoms with E-state index in [4.69, 9.17) is 4.74 Å². The van der Waals surface area contributed by atoms with Crippen molar-refractivity contribution >= 4 is 0 Å². The SMILES string of the molecule is Cc1cccc(CN(C)C2CCC3(CC2)CNCc2ccccc2O3)n1. The van der Waals surface area contributed by atoms with E-state index in [1.54, 1.807) is 0 Å². The summed E-state index contributed by atoms with van der Waals surface area (Å²) in [7, 11) is 2.23. The zero-order valence-electron chi connectivity index (χ0n) is 15.9. The molecular weight excluding hydrogens is 322 g/mol. The zero-order valence-corrected chi connectivity index (χ0v) is 15.9. The number of nitrogens with zero attached hydrogens (tertiary/aromatic N) is 2. The second kappa shape index (κ2) is 7.37. The molecule has 0 radical (unpaired) electrons. The molecule has 0 bridgehead atoms. The summed E-state index contributed by atoms with van der Waals surface area (Å²) in [6.07, 6.45) is 4.55. The molecule has 1 saturated carbocycles. The average molecular weight is 351 g/mol. The molecule has 0 amide bonds. The van der Waals surface area contributed by atoms with Crippen LogP contribution in [0.3, 0.4) is 0 Å². The standard InChI is InChI=1S/C22H29N3O/c1-17-6-5-8-19(24-17)15-25(2)20-10-12-22(13-11-20)16-23-14-18-7-3-4-9-21(18)26-22/h3-9,20,23H,10-16H2,1-2H3. The fourth-order valence-corrected chi connectivity index (χ4v) is 4.36. The number of rotatable bonds is 3. The molecule has 1 aliphatic heterocycles. The van der Waals surface area contributed by atoms with E-state index in [0.29, 0.717) is 6.04 Å². The molecule has 1 spiro atoms. The molecule has 4 rings (SSSR count). The molecule has 0 saturated heterocycles. The largest absolute Gasteiger partial charge is 0.486 e. The van der Waals surface area contributed by atoms with Crippen LogP contribution < -0.4 is 10.1 Å². The monoisotopic (exact) mass is 351 g/mol. The summed E-state index contributed by atoms with van der Waals surface area (Å²) >= 11 is 0. The zero-order chi connectivity index (χ0) is 18.0. The topological polar surface area (TPSA) is 37.4 Å². The average Bonchev–Trinajstić information content (AvgIpc) is 2.81. The molecule has 0 atom stereocenters. The summed E-state index contributed by atoms with van der Waals surface area (Å²) in [6.45, 7) is 4.82. The van der Waals surface area contributed by atoms with Crippen molar-refractivity contribution < 1.29 is 4.74 Å². The highest BCUT2D eigenvalue weighted by Crippen LogP contribution is 2.37. The number of pyridine rings is 1. The molecule has 138 valence electrons. The van der Waals surface area contributed by atoms with Crippen LogP contribution in [0.25, 0.3) is 0 Å². The van der Waals surface area contributed by atoms with Crippen molar-refractivity contribution in [3.63, 3.8) is 0 Å². The summed E-state index contributed by atoms with van der Waals surface area (Å²) in [4.78, 5) is 7.12. The minimum Gasteiger partial charge on any atom is -0.486 e. The smallest absolute Gasteiger partial charge is 0.124 e. The molecule has 26 heavy (non-hydrogen) atoms. The number of hydrogen-bond donors (Lipinski definition) is 1. The quantitative estimate of drug-likeness (QED) is 0.915. The first-order valence-electron chi connectivity index (χ1n) is 9.74. The van der Waals surface area contributed by atoms with Gasteiger partial charge >= 0.3 is 0 Å². The Kier molecular flexibility index (Phi) is 4.96. The van der Waals surface area contributed by atoms with Gasteiger partial charge in [-0.1, -0.05) is 24.3 Å². The van der Waals surface area contributed by atoms with Gasteiger partial charge in [0.2, 0.25) is 0 Å². The summed E-state index contributed by atoms with van der Waals surface area (Å²) in [5.74, 6) is 1.06. The Morgan fingerprint density at radius 1 is 1.15 bits per heavy atom. The summed E-state index contributed by atoms with van der Waals surface area (Å²) in [5.41, 5.74) is 3.48. The van der Waals surface area contributed by atoms with Crippen molar-refractivity contribution in [2.45, 2.75) is 57.3 Å². The van der Waals surface area contributed by atoms with Gasteiger partial charge in [-0.05, 0) is 57.9 Å². The van der Waals surface area contributed by atoms with E-state index in [9.17, 15) is 0 Å². The van der Waals surface area contributed by atoms with Crippen molar-refractivity contribution in [1.29, 1.82) is 0 Å². The second-order valence-electron chi connectivity index (χ2n) is 7.91. The fraction of sp³-hybridized carbons (Fsp3) is 0.500. The minimum absolute atomic E-state index is 0.0501. The van der Waals surface area contributed by atoms with Gasteiger partial charge in [0.15, 0.2) is 0 Å². The van der Waals surface area contributed by atoms with Crippen LogP contribution in [0.15, 0.2) is 42.5 Å². The molecule has 1 fully saturated rings. The molecule has 1 N–H and O–H groups in total. The summed E-state index contributed by atoms with van der Waals surface area (Å²) in [6, 6.07) is 15.3. The van der Waals surface area contributed by atoms with E-state index in [0.717, 1.165) is 49.6 Å². The van der Waals surface area contributed by atoms with Crippen molar-refractivity contribution in [1.82, 2.24) is 15.2 Å². The van der Waals surface area contributed by atoms with Crippen molar-refractivity contribution in [2.75, 3.05) is 13.6 Å². The molecule has 2 heterocycles. The highest BCUT2D eigenvalue weighted by atomic mass is 16.5. The number of benzene rings is 1. The first-order chi connectivity index (χ1) is 12.6. The molecule has 0 unspecified atom stereocenters. The van der Waals surface area contributed by atoms with E-state index in [2.05, 4.69) is 71.6 Å². The van der Waals surface area contributed by atoms with Crippen LogP contribution in [0, 0.1) is 6.92 Å². The molecule has 1 aromatic carbocycles. The first kappa shape index (κ1) is 17.5. The number of para-hydroxylation sites is 1. The maximum atomic E-state index is 6.55. The maximum absolute atomic E-state index is 6.55. The highest BCUT2D eigenvalue weighted by molar-refractivity contribution is 5.35. The maximum Gasteiger partial charge on any atom is 0.124 e. The number of fused-ring (bicyclic) bond motifs is 1. The van der Waals surface area contributed by atoms with Gasteiger partial charge in [-0.3, -0.25) is 9.88 Å². The van der Waals surface area contributed by atoms with E-state index in [1.807, 2.05) is 0 Å². The Morgan fingerprint density at radius 2 is 1.96 bits per heavy atom. The van der Waals surface area contributed by atoms with Crippen LogP contribution in [-0.2, 0) is 13.1 Å². The molecular formula is C22H29N3O. The number of aryl methyl sites for hydroxylation is 1. The third kappa shape index (κ3) is 3.76. The molecule has 4 nitrogen and oxygen atoms in total. The summed E-state index contributed by atoms with van der Waals surface area (Å²) < 4.78 is 6.55. The number of hydrogen-bond acceptors (Lipinski definition) is 4. The lowest BCUT2D eigenvalue weighted by Crippen LogP contribution is -2.50. The van der Waals surface area contributed by atoms with Crippen molar-refractivity contribution in [3.05, 3.63) is 59.4 Å². The van der Waals surface area contributed by atoms with Gasteiger partial charge in [-0.15, -0.1) is 0 Å². The fourth-order valence-electron chi connectivity index (χ4n) is 4.36. The Balaban J connectivity index is 1.39. The van der Waals surface area contributed by atoms with Crippen LogP contribution >= 0.6 is 0 Å². The predicted octanol–water partition coefficient (Wildman–Crippen LogP) is 3.69. The molecule has 2 aromatic rings. The lowest BCUT2D eigenvalue weighted by molar-refractivity contribution is 0.00856. The van der Waals surface area contributed by atoms with Crippen LogP contribution in [0.4, 0.5) is 0 Å². The van der Waals surface area contributed by atoms with E-state index >= 15 is 0 Å². The second-order valence-corrected chi connectivity index (χ2v) is 7.91. The Bertz CT molecular complexity index is 753. The van der Waals surface area contributed by atoms with Gasteiger partial charge in [-0.25, -0.2) is 0 Å². The Hall–Kier alpha value is -1.91. The van der Waals surface area contributed by atoms with Gasteiger partial charge < -0.3 is 10.1 Å². The number of nitrogens with one attached hydrogen (secondary N) is 1. The lowest BCUT2D eigenvalue weighted by Gasteiger charge is -2.42. The summed E-state index contributed by atoms with van der Waals surface area (Å²) in [5, 5.41) is 3.61. The minimum atomic E-state index is -0.0501. The van der Waals surface area contributed by atoms with Crippen LogP contribution in [0.2, 0.25) is 0 Å². The Labute approximate surface area is 156 Å². The van der Waals surface area contributed by atoms with Crippen LogP contribution in [0.5, 0.6) is 5.75 Å². The van der Waals surface area contributed by atoms with Crippen molar-refractivity contribution in [2.24, 2.45) is 0 Å². The van der Waals surface area contributed by atoms with Gasteiger partial charge in [0.25, 0.3) is 0 Å². The molecule has 1 aliphatic carbocycles. The first-order valence-corrected chi connectivity index (χ1v) is 9.74. The number of ether oxygens (including phenoxy) is 1. The third-order valence-electron chi connectivity index (χ3n) is 5.91.